The van der Waals surface area contributed by atoms with Crippen LogP contribution in [0.15, 0.2) is 0 Å². The largest absolute Gasteiger partial charge is 0.466 e. The Bertz CT molecular complexity index is 784. The number of carbonyl (C=O) groups excluding carboxylic acids is 1. The van der Waals surface area contributed by atoms with Crippen molar-refractivity contribution in [1.82, 2.24) is 0 Å². The van der Waals surface area contributed by atoms with Crippen LogP contribution in [-0.2, 0) is 9.53 Å². The molecule has 5 aliphatic carbocycles. The van der Waals surface area contributed by atoms with E-state index in [-0.39, 0.29) is 35.2 Å². The molecule has 182 valence electrons. The van der Waals surface area contributed by atoms with Gasteiger partial charge in [-0.05, 0) is 97.7 Å². The maximum Gasteiger partial charge on any atom is 0.305 e. The second-order valence-electron chi connectivity index (χ2n) is 12.8. The standard InChI is InChI=1S/C27H44O5/c1-6-32-21(29)9-12-26(30)16(3)15(2)23-22-18-13-20(18)27(31)14-17(28)7-10-24(27,4)19(22)8-11-25(23,26)5/h15-20,22-23,28,30-31H,6-14H2,1-5H3/t15-,16?,17+,18?,19?,20?,22?,23?,24-,25+,26+,27-/m1/s1. The molecule has 3 N–H and O–H groups in total. The molecule has 5 nitrogen and oxygen atoms in total. The molecular formula is C27H44O5. The number of hydrogen-bond acceptors (Lipinski definition) is 5. The van der Waals surface area contributed by atoms with Gasteiger partial charge in [0.2, 0.25) is 0 Å². The van der Waals surface area contributed by atoms with Crippen LogP contribution >= 0.6 is 0 Å². The Morgan fingerprint density at radius 2 is 1.75 bits per heavy atom. The van der Waals surface area contributed by atoms with E-state index in [1.807, 2.05) is 6.92 Å². The highest BCUT2D eigenvalue weighted by atomic mass is 16.5. The fourth-order valence-corrected chi connectivity index (χ4v) is 10.2. The zero-order valence-corrected chi connectivity index (χ0v) is 20.6. The Balaban J connectivity index is 1.48. The summed E-state index contributed by atoms with van der Waals surface area (Å²) in [4.78, 5) is 12.2. The number of ether oxygens (including phenoxy) is 1. The van der Waals surface area contributed by atoms with Crippen LogP contribution in [0.4, 0.5) is 0 Å². The first-order valence-electron chi connectivity index (χ1n) is 13.2. The Hall–Kier alpha value is -0.650. The van der Waals surface area contributed by atoms with Gasteiger partial charge in [0.05, 0.1) is 23.9 Å². The summed E-state index contributed by atoms with van der Waals surface area (Å²) in [5.41, 5.74) is -1.97. The highest BCUT2D eigenvalue weighted by Crippen LogP contribution is 2.78. The molecular weight excluding hydrogens is 404 g/mol. The van der Waals surface area contributed by atoms with E-state index in [1.54, 1.807) is 0 Å². The van der Waals surface area contributed by atoms with Crippen LogP contribution in [-0.4, -0.2) is 45.2 Å². The Morgan fingerprint density at radius 3 is 2.44 bits per heavy atom. The molecule has 12 atom stereocenters. The summed E-state index contributed by atoms with van der Waals surface area (Å²) in [5.74, 6) is 2.48. The van der Waals surface area contributed by atoms with Crippen LogP contribution < -0.4 is 0 Å². The molecule has 0 saturated heterocycles. The second-order valence-corrected chi connectivity index (χ2v) is 12.8. The lowest BCUT2D eigenvalue weighted by Crippen LogP contribution is -2.65. The van der Waals surface area contributed by atoms with Gasteiger partial charge in [0.15, 0.2) is 0 Å². The molecule has 0 aromatic heterocycles. The number of aliphatic hydroxyl groups is 3. The van der Waals surface area contributed by atoms with Gasteiger partial charge in [-0.1, -0.05) is 27.7 Å². The van der Waals surface area contributed by atoms with Crippen molar-refractivity contribution in [2.45, 2.75) is 103 Å². The first kappa shape index (κ1) is 23.1. The third-order valence-corrected chi connectivity index (χ3v) is 12.0. The number of hydrogen-bond donors (Lipinski definition) is 3. The van der Waals surface area contributed by atoms with E-state index < -0.39 is 11.2 Å². The fourth-order valence-electron chi connectivity index (χ4n) is 10.2. The smallest absolute Gasteiger partial charge is 0.305 e. The Kier molecular flexibility index (Phi) is 5.18. The lowest BCUT2D eigenvalue weighted by atomic mass is 9.42. The van der Waals surface area contributed by atoms with Gasteiger partial charge in [-0.15, -0.1) is 0 Å². The first-order chi connectivity index (χ1) is 14.9. The third-order valence-electron chi connectivity index (χ3n) is 12.0. The van der Waals surface area contributed by atoms with Crippen LogP contribution in [0.5, 0.6) is 0 Å². The van der Waals surface area contributed by atoms with Gasteiger partial charge in [-0.25, -0.2) is 0 Å². The predicted octanol–water partition coefficient (Wildman–Crippen LogP) is 3.93. The number of rotatable bonds is 4. The summed E-state index contributed by atoms with van der Waals surface area (Å²) in [6, 6.07) is 0. The molecule has 32 heavy (non-hydrogen) atoms. The van der Waals surface area contributed by atoms with Crippen LogP contribution in [0.1, 0.15) is 86.0 Å². The summed E-state index contributed by atoms with van der Waals surface area (Å²) < 4.78 is 5.18. The lowest BCUT2D eigenvalue weighted by molar-refractivity contribution is -0.235. The zero-order chi connectivity index (χ0) is 23.3. The van der Waals surface area contributed by atoms with Crippen LogP contribution in [0.2, 0.25) is 0 Å². The van der Waals surface area contributed by atoms with Gasteiger partial charge < -0.3 is 20.1 Å². The SMILES string of the molecule is CCOC(=O)CC[C@]1(O)C(C)[C@@H](C)C2C3C4CC4[C@]4(O)C[C@@H](O)CC[C@]4(C)C3CC[C@@]21C. The van der Waals surface area contributed by atoms with E-state index in [4.69, 9.17) is 4.74 Å². The molecule has 0 bridgehead atoms. The van der Waals surface area contributed by atoms with Crippen molar-refractivity contribution >= 4 is 5.97 Å². The van der Waals surface area contributed by atoms with E-state index in [9.17, 15) is 20.1 Å². The van der Waals surface area contributed by atoms with E-state index >= 15 is 0 Å². The molecule has 5 saturated carbocycles. The average Bonchev–Trinajstić information content (AvgIpc) is 3.52. The number of fused-ring (bicyclic) bond motifs is 8. The zero-order valence-electron chi connectivity index (χ0n) is 20.6. The van der Waals surface area contributed by atoms with Gasteiger partial charge in [0.1, 0.15) is 0 Å². The summed E-state index contributed by atoms with van der Waals surface area (Å²) in [7, 11) is 0. The van der Waals surface area contributed by atoms with Crippen molar-refractivity contribution in [3.05, 3.63) is 0 Å². The molecule has 0 aromatic carbocycles. The molecule has 5 aliphatic rings. The summed E-state index contributed by atoms with van der Waals surface area (Å²) in [6.07, 6.45) is 5.63. The number of esters is 1. The topological polar surface area (TPSA) is 87.0 Å². The van der Waals surface area contributed by atoms with E-state index in [0.717, 1.165) is 32.1 Å². The van der Waals surface area contributed by atoms with Crippen LogP contribution in [0.25, 0.3) is 0 Å². The molecule has 0 radical (unpaired) electrons. The van der Waals surface area contributed by atoms with Gasteiger partial charge in [-0.2, -0.15) is 0 Å². The molecule has 5 rings (SSSR count). The lowest BCUT2D eigenvalue weighted by Gasteiger charge is -2.64. The molecule has 5 heteroatoms. The maximum absolute atomic E-state index is 12.2. The molecule has 0 amide bonds. The first-order valence-corrected chi connectivity index (χ1v) is 13.2. The highest BCUT2D eigenvalue weighted by Gasteiger charge is 2.77. The van der Waals surface area contributed by atoms with E-state index in [0.29, 0.717) is 55.0 Å². The van der Waals surface area contributed by atoms with E-state index in [2.05, 4.69) is 27.7 Å². The van der Waals surface area contributed by atoms with Gasteiger partial charge in [-0.3, -0.25) is 4.79 Å². The Labute approximate surface area is 193 Å². The van der Waals surface area contributed by atoms with Crippen molar-refractivity contribution in [2.24, 2.45) is 52.3 Å². The third kappa shape index (κ3) is 2.71. The van der Waals surface area contributed by atoms with Crippen LogP contribution in [0.3, 0.4) is 0 Å². The minimum Gasteiger partial charge on any atom is -0.466 e. The quantitative estimate of drug-likeness (QED) is 0.567. The minimum atomic E-state index is -0.864. The van der Waals surface area contributed by atoms with Crippen molar-refractivity contribution in [3.8, 4) is 0 Å². The molecule has 0 aliphatic heterocycles. The fraction of sp³-hybridized carbons (Fsp3) is 0.963. The predicted molar refractivity (Wildman–Crippen MR) is 121 cm³/mol. The molecule has 5 fully saturated rings. The van der Waals surface area contributed by atoms with Gasteiger partial charge in [0.25, 0.3) is 0 Å². The summed E-state index contributed by atoms with van der Waals surface area (Å²) >= 11 is 0. The summed E-state index contributed by atoms with van der Waals surface area (Å²) in [5, 5.41) is 34.5. The van der Waals surface area contributed by atoms with Crippen molar-refractivity contribution in [2.75, 3.05) is 6.61 Å². The molecule has 0 spiro atoms. The molecule has 6 unspecified atom stereocenters. The van der Waals surface area contributed by atoms with Gasteiger partial charge in [0, 0.05) is 12.8 Å². The number of aliphatic hydroxyl groups excluding tert-OH is 1. The maximum atomic E-state index is 12.2. The number of carbonyl (C=O) groups is 1. The van der Waals surface area contributed by atoms with Crippen molar-refractivity contribution in [1.29, 1.82) is 0 Å². The van der Waals surface area contributed by atoms with Crippen LogP contribution in [0, 0.1) is 52.3 Å². The normalized spacial score (nSPS) is 58.2. The average molecular weight is 449 g/mol. The van der Waals surface area contributed by atoms with E-state index in [1.165, 1.54) is 0 Å². The molecule has 0 aromatic rings. The minimum absolute atomic E-state index is 0.129. The summed E-state index contributed by atoms with van der Waals surface area (Å²) in [6.45, 7) is 11.3. The van der Waals surface area contributed by atoms with Gasteiger partial charge >= 0.3 is 5.97 Å². The monoisotopic (exact) mass is 448 g/mol. The van der Waals surface area contributed by atoms with Crippen molar-refractivity contribution < 1.29 is 24.9 Å². The second kappa shape index (κ2) is 7.18. The van der Waals surface area contributed by atoms with Crippen molar-refractivity contribution in [3.63, 3.8) is 0 Å². The molecule has 0 heterocycles. The Morgan fingerprint density at radius 1 is 1.06 bits per heavy atom. The highest BCUT2D eigenvalue weighted by molar-refractivity contribution is 5.69.